The number of rotatable bonds is 3. The quantitative estimate of drug-likeness (QED) is 0.740. The third-order valence-electron chi connectivity index (χ3n) is 3.58. The Hall–Kier alpha value is -2.62. The molecule has 4 nitrogen and oxygen atoms in total. The van der Waals surface area contributed by atoms with E-state index in [4.69, 9.17) is 0 Å². The van der Waals surface area contributed by atoms with E-state index >= 15 is 0 Å². The molecule has 0 amide bonds. The Bertz CT molecular complexity index is 846. The molecule has 0 aliphatic heterocycles. The molecule has 1 aromatic heterocycles. The van der Waals surface area contributed by atoms with E-state index in [0.29, 0.717) is 5.56 Å². The SMILES string of the molecule is CCn1c2ccccc2c2cc(C(=O)O)cc(C=O)c21. The summed E-state index contributed by atoms with van der Waals surface area (Å²) in [5.41, 5.74) is 2.36. The standard InChI is InChI=1S/C16H13NO3/c1-2-17-14-6-4-3-5-12(14)13-8-10(16(19)20)7-11(9-18)15(13)17/h3-9H,2H2,1H3,(H,19,20). The van der Waals surface area contributed by atoms with Gasteiger partial charge >= 0.3 is 5.97 Å². The lowest BCUT2D eigenvalue weighted by Gasteiger charge is -2.05. The van der Waals surface area contributed by atoms with E-state index in [2.05, 4.69) is 0 Å². The first-order valence-corrected chi connectivity index (χ1v) is 6.40. The summed E-state index contributed by atoms with van der Waals surface area (Å²) in [5, 5.41) is 11.0. The summed E-state index contributed by atoms with van der Waals surface area (Å²) in [6, 6.07) is 10.8. The Balaban J connectivity index is 2.58. The number of aromatic nitrogens is 1. The van der Waals surface area contributed by atoms with Gasteiger partial charge in [-0.25, -0.2) is 4.79 Å². The van der Waals surface area contributed by atoms with Crippen LogP contribution in [0.4, 0.5) is 0 Å². The van der Waals surface area contributed by atoms with Gasteiger partial charge in [0.05, 0.1) is 11.1 Å². The highest BCUT2D eigenvalue weighted by molar-refractivity contribution is 6.14. The maximum Gasteiger partial charge on any atom is 0.335 e. The molecule has 0 atom stereocenters. The van der Waals surface area contributed by atoms with Crippen LogP contribution in [0.5, 0.6) is 0 Å². The predicted molar refractivity (Wildman–Crippen MR) is 77.5 cm³/mol. The summed E-state index contributed by atoms with van der Waals surface area (Å²) >= 11 is 0. The number of fused-ring (bicyclic) bond motifs is 3. The molecule has 3 rings (SSSR count). The minimum atomic E-state index is -1.02. The van der Waals surface area contributed by atoms with Crippen LogP contribution in [0.2, 0.25) is 0 Å². The second kappa shape index (κ2) is 4.49. The van der Waals surface area contributed by atoms with Gasteiger partial charge in [0.2, 0.25) is 0 Å². The van der Waals surface area contributed by atoms with Crippen molar-refractivity contribution in [2.75, 3.05) is 0 Å². The first kappa shape index (κ1) is 12.4. The number of hydrogen-bond acceptors (Lipinski definition) is 2. The minimum Gasteiger partial charge on any atom is -0.478 e. The van der Waals surface area contributed by atoms with Crippen LogP contribution in [-0.4, -0.2) is 21.9 Å². The fourth-order valence-corrected chi connectivity index (χ4v) is 2.76. The number of aryl methyl sites for hydroxylation is 1. The molecular formula is C16H13NO3. The molecule has 0 saturated carbocycles. The Morgan fingerprint density at radius 2 is 2.00 bits per heavy atom. The van der Waals surface area contributed by atoms with Crippen LogP contribution < -0.4 is 0 Å². The molecule has 4 heteroatoms. The van der Waals surface area contributed by atoms with Crippen molar-refractivity contribution >= 4 is 34.1 Å². The number of para-hydroxylation sites is 1. The van der Waals surface area contributed by atoms with Crippen molar-refractivity contribution in [3.05, 3.63) is 47.5 Å². The Morgan fingerprint density at radius 3 is 2.65 bits per heavy atom. The smallest absolute Gasteiger partial charge is 0.335 e. The van der Waals surface area contributed by atoms with E-state index in [1.165, 1.54) is 6.07 Å². The van der Waals surface area contributed by atoms with Crippen molar-refractivity contribution in [2.45, 2.75) is 13.5 Å². The summed E-state index contributed by atoms with van der Waals surface area (Å²) in [6.45, 7) is 2.73. The van der Waals surface area contributed by atoms with Gasteiger partial charge in [-0.2, -0.15) is 0 Å². The lowest BCUT2D eigenvalue weighted by Crippen LogP contribution is -2.01. The number of hydrogen-bond donors (Lipinski definition) is 1. The molecule has 100 valence electrons. The van der Waals surface area contributed by atoms with Gasteiger partial charge in [0.15, 0.2) is 6.29 Å². The molecule has 0 unspecified atom stereocenters. The highest BCUT2D eigenvalue weighted by atomic mass is 16.4. The zero-order valence-electron chi connectivity index (χ0n) is 11.0. The molecule has 0 saturated heterocycles. The number of carboxylic acids is 1. The van der Waals surface area contributed by atoms with E-state index in [9.17, 15) is 14.7 Å². The lowest BCUT2D eigenvalue weighted by atomic mass is 10.1. The van der Waals surface area contributed by atoms with Gasteiger partial charge in [0, 0.05) is 28.4 Å². The van der Waals surface area contributed by atoms with Crippen molar-refractivity contribution in [3.8, 4) is 0 Å². The van der Waals surface area contributed by atoms with Crippen molar-refractivity contribution < 1.29 is 14.7 Å². The van der Waals surface area contributed by atoms with E-state index in [1.807, 2.05) is 35.8 Å². The number of carbonyl (C=O) groups is 2. The topological polar surface area (TPSA) is 59.3 Å². The van der Waals surface area contributed by atoms with Crippen LogP contribution in [0.3, 0.4) is 0 Å². The predicted octanol–water partition coefficient (Wildman–Crippen LogP) is 3.33. The van der Waals surface area contributed by atoms with Crippen LogP contribution in [0, 0.1) is 0 Å². The monoisotopic (exact) mass is 267 g/mol. The van der Waals surface area contributed by atoms with E-state index in [-0.39, 0.29) is 5.56 Å². The molecule has 1 N–H and O–H groups in total. The van der Waals surface area contributed by atoms with Gasteiger partial charge in [0.1, 0.15) is 0 Å². The van der Waals surface area contributed by atoms with Gasteiger partial charge in [-0.05, 0) is 25.1 Å². The van der Waals surface area contributed by atoms with Gasteiger partial charge in [-0.15, -0.1) is 0 Å². The Morgan fingerprint density at radius 1 is 1.25 bits per heavy atom. The molecule has 1 heterocycles. The highest BCUT2D eigenvalue weighted by Gasteiger charge is 2.16. The lowest BCUT2D eigenvalue weighted by molar-refractivity contribution is 0.0697. The van der Waals surface area contributed by atoms with Crippen molar-refractivity contribution in [2.24, 2.45) is 0 Å². The van der Waals surface area contributed by atoms with Gasteiger partial charge in [0.25, 0.3) is 0 Å². The summed E-state index contributed by atoms with van der Waals surface area (Å²) in [7, 11) is 0. The largest absolute Gasteiger partial charge is 0.478 e. The molecule has 0 aliphatic carbocycles. The summed E-state index contributed by atoms with van der Waals surface area (Å²) < 4.78 is 2.04. The van der Waals surface area contributed by atoms with Gasteiger partial charge < -0.3 is 9.67 Å². The molecule has 0 radical (unpaired) electrons. The average Bonchev–Trinajstić information content (AvgIpc) is 2.80. The first-order valence-electron chi connectivity index (χ1n) is 6.40. The van der Waals surface area contributed by atoms with E-state index in [0.717, 1.165) is 34.6 Å². The minimum absolute atomic E-state index is 0.138. The molecule has 2 aromatic carbocycles. The third kappa shape index (κ3) is 1.61. The van der Waals surface area contributed by atoms with E-state index < -0.39 is 5.97 Å². The molecule has 0 aliphatic rings. The van der Waals surface area contributed by atoms with Crippen LogP contribution in [0.25, 0.3) is 21.8 Å². The maximum atomic E-state index is 11.3. The number of nitrogens with zero attached hydrogens (tertiary/aromatic N) is 1. The second-order valence-electron chi connectivity index (χ2n) is 4.65. The number of benzene rings is 2. The fourth-order valence-electron chi connectivity index (χ4n) is 2.76. The van der Waals surface area contributed by atoms with Crippen LogP contribution in [0.15, 0.2) is 36.4 Å². The van der Waals surface area contributed by atoms with Gasteiger partial charge in [-0.3, -0.25) is 4.79 Å². The van der Waals surface area contributed by atoms with Crippen LogP contribution >= 0.6 is 0 Å². The Labute approximate surface area is 115 Å². The number of aromatic carboxylic acids is 1. The molecule has 0 fully saturated rings. The van der Waals surface area contributed by atoms with Crippen molar-refractivity contribution in [1.29, 1.82) is 0 Å². The third-order valence-corrected chi connectivity index (χ3v) is 3.58. The van der Waals surface area contributed by atoms with Gasteiger partial charge in [-0.1, -0.05) is 18.2 Å². The number of aldehydes is 1. The fraction of sp³-hybridized carbons (Fsp3) is 0.125. The molecule has 3 aromatic rings. The van der Waals surface area contributed by atoms with Crippen molar-refractivity contribution in [3.63, 3.8) is 0 Å². The zero-order valence-corrected chi connectivity index (χ0v) is 11.0. The average molecular weight is 267 g/mol. The first-order chi connectivity index (χ1) is 9.67. The highest BCUT2D eigenvalue weighted by Crippen LogP contribution is 2.31. The molecule has 20 heavy (non-hydrogen) atoms. The van der Waals surface area contributed by atoms with Crippen LogP contribution in [-0.2, 0) is 6.54 Å². The summed E-state index contributed by atoms with van der Waals surface area (Å²) in [4.78, 5) is 22.5. The van der Waals surface area contributed by atoms with Crippen molar-refractivity contribution in [1.82, 2.24) is 4.57 Å². The number of carboxylic acid groups (broad SMARTS) is 1. The number of carbonyl (C=O) groups excluding carboxylic acids is 1. The molecular weight excluding hydrogens is 254 g/mol. The Kier molecular flexibility index (Phi) is 2.79. The summed E-state index contributed by atoms with van der Waals surface area (Å²) in [5.74, 6) is -1.02. The maximum absolute atomic E-state index is 11.3. The molecule has 0 bridgehead atoms. The summed E-state index contributed by atoms with van der Waals surface area (Å²) in [6.07, 6.45) is 0.722. The normalized spacial score (nSPS) is 11.1. The van der Waals surface area contributed by atoms with E-state index in [1.54, 1.807) is 6.07 Å². The molecule has 0 spiro atoms. The second-order valence-corrected chi connectivity index (χ2v) is 4.65. The van der Waals surface area contributed by atoms with Crippen LogP contribution in [0.1, 0.15) is 27.6 Å². The zero-order chi connectivity index (χ0) is 14.3.